The highest BCUT2D eigenvalue weighted by atomic mass is 32.2. The molecule has 0 atom stereocenters. The van der Waals surface area contributed by atoms with E-state index in [-0.39, 0.29) is 6.54 Å². The molecule has 2 aliphatic rings. The molecule has 1 aliphatic heterocycles. The summed E-state index contributed by atoms with van der Waals surface area (Å²) in [6.45, 7) is 0.630. The molecular formula is C24H23N5O3S. The van der Waals surface area contributed by atoms with Crippen LogP contribution in [0.15, 0.2) is 57.9 Å². The van der Waals surface area contributed by atoms with Crippen molar-refractivity contribution in [1.82, 2.24) is 24.2 Å². The standard InChI is InChI=1S/C24H23N5O3S/c1-28-21-12-13-29(33(30,31)19-11-10-16-8-5-9-18(16)14-19)15-20(21)22(26-28)24-25-23(27-32-24)17-6-3-2-4-7-17/h2-4,6-7,10-11,14H,5,8-9,12-13,15H2,1H3. The van der Waals surface area contributed by atoms with Crippen molar-refractivity contribution in [3.05, 3.63) is 70.9 Å². The lowest BCUT2D eigenvalue weighted by atomic mass is 10.1. The second kappa shape index (κ2) is 7.64. The van der Waals surface area contributed by atoms with Crippen molar-refractivity contribution >= 4 is 10.0 Å². The number of hydrogen-bond acceptors (Lipinski definition) is 6. The lowest BCUT2D eigenvalue weighted by Crippen LogP contribution is -2.36. The van der Waals surface area contributed by atoms with E-state index < -0.39 is 10.0 Å². The van der Waals surface area contributed by atoms with Crippen LogP contribution in [0, 0.1) is 0 Å². The second-order valence-electron chi connectivity index (χ2n) is 8.56. The van der Waals surface area contributed by atoms with Crippen molar-refractivity contribution in [2.24, 2.45) is 7.05 Å². The molecule has 0 amide bonds. The quantitative estimate of drug-likeness (QED) is 0.463. The molecule has 2 aromatic heterocycles. The molecule has 4 aromatic rings. The maximum atomic E-state index is 13.5. The third-order valence-electron chi connectivity index (χ3n) is 6.58. The molecule has 33 heavy (non-hydrogen) atoms. The molecule has 2 aromatic carbocycles. The fourth-order valence-electron chi connectivity index (χ4n) is 4.83. The van der Waals surface area contributed by atoms with Gasteiger partial charge in [0.1, 0.15) is 0 Å². The van der Waals surface area contributed by atoms with Gasteiger partial charge in [0.05, 0.1) is 4.90 Å². The zero-order valence-electron chi connectivity index (χ0n) is 18.2. The summed E-state index contributed by atoms with van der Waals surface area (Å²) in [5.74, 6) is 0.769. The predicted molar refractivity (Wildman–Crippen MR) is 122 cm³/mol. The smallest absolute Gasteiger partial charge is 0.279 e. The molecule has 3 heterocycles. The number of fused-ring (bicyclic) bond motifs is 2. The van der Waals surface area contributed by atoms with Crippen molar-refractivity contribution in [1.29, 1.82) is 0 Å². The van der Waals surface area contributed by atoms with E-state index in [1.165, 1.54) is 9.87 Å². The molecule has 9 heteroatoms. The van der Waals surface area contributed by atoms with Crippen LogP contribution in [0.1, 0.15) is 28.8 Å². The molecule has 6 rings (SSSR count). The first kappa shape index (κ1) is 20.3. The highest BCUT2D eigenvalue weighted by molar-refractivity contribution is 7.89. The molecule has 0 saturated heterocycles. The maximum Gasteiger partial charge on any atom is 0.279 e. The summed E-state index contributed by atoms with van der Waals surface area (Å²) in [5, 5.41) is 8.71. The van der Waals surface area contributed by atoms with Crippen molar-refractivity contribution in [3.63, 3.8) is 0 Å². The van der Waals surface area contributed by atoms with Gasteiger partial charge in [0.15, 0.2) is 5.69 Å². The Balaban J connectivity index is 1.34. The van der Waals surface area contributed by atoms with Crippen LogP contribution in [0.2, 0.25) is 0 Å². The van der Waals surface area contributed by atoms with E-state index in [2.05, 4.69) is 15.2 Å². The molecule has 1 aliphatic carbocycles. The van der Waals surface area contributed by atoms with Gasteiger partial charge in [-0.2, -0.15) is 14.4 Å². The normalized spacial score (nSPS) is 16.0. The Kier molecular flexibility index (Phi) is 4.70. The van der Waals surface area contributed by atoms with Crippen LogP contribution in [0.5, 0.6) is 0 Å². The SMILES string of the molecule is Cn1nc(-c2nc(-c3ccccc3)no2)c2c1CCN(S(=O)(=O)c1ccc3c(c1)CCC3)C2. The Hall–Kier alpha value is -3.30. The Morgan fingerprint density at radius 1 is 1.00 bits per heavy atom. The molecule has 0 unspecified atom stereocenters. The van der Waals surface area contributed by atoms with Gasteiger partial charge < -0.3 is 4.52 Å². The summed E-state index contributed by atoms with van der Waals surface area (Å²) in [7, 11) is -1.76. The summed E-state index contributed by atoms with van der Waals surface area (Å²) in [6.07, 6.45) is 3.62. The Morgan fingerprint density at radius 2 is 1.82 bits per heavy atom. The summed E-state index contributed by atoms with van der Waals surface area (Å²) in [5.41, 5.74) is 5.60. The lowest BCUT2D eigenvalue weighted by Gasteiger charge is -2.27. The Morgan fingerprint density at radius 3 is 2.67 bits per heavy atom. The van der Waals surface area contributed by atoms with E-state index in [0.29, 0.717) is 35.3 Å². The molecule has 0 fully saturated rings. The van der Waals surface area contributed by atoms with Gasteiger partial charge in [-0.25, -0.2) is 8.42 Å². The lowest BCUT2D eigenvalue weighted by molar-refractivity contribution is 0.385. The fraction of sp³-hybridized carbons (Fsp3) is 0.292. The average molecular weight is 462 g/mol. The van der Waals surface area contributed by atoms with Crippen LogP contribution in [0.25, 0.3) is 23.0 Å². The summed E-state index contributed by atoms with van der Waals surface area (Å²) < 4.78 is 35.8. The molecule has 168 valence electrons. The van der Waals surface area contributed by atoms with Gasteiger partial charge in [0.25, 0.3) is 5.89 Å². The number of sulfonamides is 1. The van der Waals surface area contributed by atoms with E-state index in [9.17, 15) is 8.42 Å². The van der Waals surface area contributed by atoms with Crippen LogP contribution in [-0.2, 0) is 42.9 Å². The monoisotopic (exact) mass is 461 g/mol. The third-order valence-corrected chi connectivity index (χ3v) is 8.42. The van der Waals surface area contributed by atoms with Gasteiger partial charge in [0, 0.05) is 43.4 Å². The van der Waals surface area contributed by atoms with Crippen LogP contribution in [0.4, 0.5) is 0 Å². The number of aromatic nitrogens is 4. The van der Waals surface area contributed by atoms with Crippen LogP contribution in [-0.4, -0.2) is 39.2 Å². The Labute approximate surface area is 191 Å². The first-order valence-electron chi connectivity index (χ1n) is 11.1. The maximum absolute atomic E-state index is 13.5. The minimum absolute atomic E-state index is 0.223. The van der Waals surface area contributed by atoms with Gasteiger partial charge >= 0.3 is 0 Å². The number of nitrogens with zero attached hydrogens (tertiary/aromatic N) is 5. The zero-order valence-corrected chi connectivity index (χ0v) is 19.0. The molecular weight excluding hydrogens is 438 g/mol. The molecule has 0 bridgehead atoms. The second-order valence-corrected chi connectivity index (χ2v) is 10.5. The topological polar surface area (TPSA) is 94.1 Å². The van der Waals surface area contributed by atoms with E-state index in [4.69, 9.17) is 4.52 Å². The molecule has 0 N–H and O–H groups in total. The number of hydrogen-bond donors (Lipinski definition) is 0. The molecule has 8 nitrogen and oxygen atoms in total. The first-order valence-corrected chi connectivity index (χ1v) is 12.5. The zero-order chi connectivity index (χ0) is 22.6. The largest absolute Gasteiger partial charge is 0.332 e. The minimum atomic E-state index is -3.62. The van der Waals surface area contributed by atoms with Gasteiger partial charge in [-0.15, -0.1) is 0 Å². The van der Waals surface area contributed by atoms with E-state index in [1.807, 2.05) is 49.5 Å². The predicted octanol–water partition coefficient (Wildman–Crippen LogP) is 3.37. The molecule has 0 saturated carbocycles. The van der Waals surface area contributed by atoms with Crippen molar-refractivity contribution in [2.75, 3.05) is 6.54 Å². The van der Waals surface area contributed by atoms with Crippen molar-refractivity contribution in [2.45, 2.75) is 37.1 Å². The third kappa shape index (κ3) is 3.39. The van der Waals surface area contributed by atoms with E-state index in [1.54, 1.807) is 10.7 Å². The van der Waals surface area contributed by atoms with Gasteiger partial charge in [-0.05, 0) is 42.5 Å². The highest BCUT2D eigenvalue weighted by Gasteiger charge is 2.34. The van der Waals surface area contributed by atoms with Gasteiger partial charge in [0.2, 0.25) is 15.8 Å². The minimum Gasteiger partial charge on any atom is -0.332 e. The Bertz CT molecular complexity index is 1460. The first-order chi connectivity index (χ1) is 16.0. The van der Waals surface area contributed by atoms with Crippen molar-refractivity contribution < 1.29 is 12.9 Å². The number of rotatable bonds is 4. The van der Waals surface area contributed by atoms with E-state index in [0.717, 1.165) is 41.6 Å². The fourth-order valence-corrected chi connectivity index (χ4v) is 6.29. The molecule has 0 spiro atoms. The average Bonchev–Trinajstić information content (AvgIpc) is 3.58. The summed E-state index contributed by atoms with van der Waals surface area (Å²) >= 11 is 0. The molecule has 0 radical (unpaired) electrons. The van der Waals surface area contributed by atoms with E-state index >= 15 is 0 Å². The summed E-state index contributed by atoms with van der Waals surface area (Å²) in [6, 6.07) is 15.1. The number of aryl methyl sites for hydroxylation is 3. The van der Waals surface area contributed by atoms with Crippen molar-refractivity contribution in [3.8, 4) is 23.0 Å². The highest BCUT2D eigenvalue weighted by Crippen LogP contribution is 2.33. The number of benzene rings is 2. The van der Waals surface area contributed by atoms with Crippen LogP contribution in [0.3, 0.4) is 0 Å². The van der Waals surface area contributed by atoms with Crippen LogP contribution < -0.4 is 0 Å². The van der Waals surface area contributed by atoms with Crippen LogP contribution >= 0.6 is 0 Å². The van der Waals surface area contributed by atoms with Gasteiger partial charge in [-0.3, -0.25) is 4.68 Å². The summed E-state index contributed by atoms with van der Waals surface area (Å²) in [4.78, 5) is 4.90. The van der Waals surface area contributed by atoms with Gasteiger partial charge in [-0.1, -0.05) is 41.6 Å².